The average Bonchev–Trinajstić information content (AvgIpc) is 2.15. The van der Waals surface area contributed by atoms with Crippen molar-refractivity contribution in [3.05, 3.63) is 29.6 Å². The highest BCUT2D eigenvalue weighted by Crippen LogP contribution is 2.28. The van der Waals surface area contributed by atoms with E-state index in [1.165, 1.54) is 13.0 Å². The lowest BCUT2D eigenvalue weighted by Gasteiger charge is -2.25. The predicted molar refractivity (Wildman–Crippen MR) is 62.0 cm³/mol. The molecule has 16 heavy (non-hydrogen) atoms. The number of benzene rings is 1. The van der Waals surface area contributed by atoms with Gasteiger partial charge in [-0.05, 0) is 26.0 Å². The second-order valence-electron chi connectivity index (χ2n) is 4.08. The molecule has 1 aromatic carbocycles. The Hall–Kier alpha value is -1.13. The molecule has 1 aromatic rings. The second kappa shape index (κ2) is 5.27. The number of hydrogen-bond donors (Lipinski definition) is 2. The van der Waals surface area contributed by atoms with Crippen LogP contribution in [0.3, 0.4) is 0 Å². The molecule has 0 aliphatic carbocycles. The van der Waals surface area contributed by atoms with Gasteiger partial charge >= 0.3 is 0 Å². The maximum absolute atomic E-state index is 13.5. The third kappa shape index (κ3) is 2.93. The monoisotopic (exact) mass is 227 g/mol. The molecule has 0 heterocycles. The molecule has 90 valence electrons. The minimum absolute atomic E-state index is 0.269. The molecule has 2 N–H and O–H groups in total. The first-order valence-corrected chi connectivity index (χ1v) is 5.29. The van der Waals surface area contributed by atoms with Crippen LogP contribution in [-0.4, -0.2) is 29.9 Å². The highest BCUT2D eigenvalue weighted by molar-refractivity contribution is 5.54. The summed E-state index contributed by atoms with van der Waals surface area (Å²) in [6.07, 6.45) is -1.37. The van der Waals surface area contributed by atoms with Crippen LogP contribution in [0, 0.1) is 5.82 Å². The van der Waals surface area contributed by atoms with Crippen LogP contribution in [0.15, 0.2) is 18.2 Å². The van der Waals surface area contributed by atoms with Crippen molar-refractivity contribution < 1.29 is 14.6 Å². The third-order valence-corrected chi connectivity index (χ3v) is 2.40. The highest BCUT2D eigenvalue weighted by Gasteiger charge is 2.16. The summed E-state index contributed by atoms with van der Waals surface area (Å²) < 4.78 is 13.5. The van der Waals surface area contributed by atoms with Crippen molar-refractivity contribution in [2.45, 2.75) is 26.1 Å². The zero-order valence-corrected chi connectivity index (χ0v) is 9.81. The van der Waals surface area contributed by atoms with Crippen molar-refractivity contribution in [1.29, 1.82) is 0 Å². The molecule has 0 aliphatic heterocycles. The predicted octanol–water partition coefficient (Wildman–Crippen LogP) is 1.70. The van der Waals surface area contributed by atoms with Gasteiger partial charge in [0.25, 0.3) is 0 Å². The molecule has 3 nitrogen and oxygen atoms in total. The van der Waals surface area contributed by atoms with Crippen molar-refractivity contribution in [3.63, 3.8) is 0 Å². The summed E-state index contributed by atoms with van der Waals surface area (Å²) in [6.45, 7) is 3.58. The number of halogens is 1. The molecule has 0 saturated carbocycles. The molecule has 1 unspecified atom stereocenters. The number of aliphatic hydroxyl groups excluding tert-OH is 2. The molecule has 0 amide bonds. The van der Waals surface area contributed by atoms with Crippen molar-refractivity contribution in [3.8, 4) is 0 Å². The molecule has 0 aliphatic rings. The van der Waals surface area contributed by atoms with E-state index in [1.54, 1.807) is 31.0 Å². The van der Waals surface area contributed by atoms with Gasteiger partial charge in [-0.15, -0.1) is 0 Å². The van der Waals surface area contributed by atoms with Crippen molar-refractivity contribution in [2.75, 3.05) is 18.5 Å². The van der Waals surface area contributed by atoms with E-state index in [0.29, 0.717) is 12.2 Å². The van der Waals surface area contributed by atoms with Crippen LogP contribution < -0.4 is 4.90 Å². The van der Waals surface area contributed by atoms with Crippen LogP contribution in [0.4, 0.5) is 10.1 Å². The number of anilines is 1. The molecule has 0 radical (unpaired) electrons. The van der Waals surface area contributed by atoms with Crippen molar-refractivity contribution >= 4 is 5.69 Å². The van der Waals surface area contributed by atoms with Crippen LogP contribution in [0.25, 0.3) is 0 Å². The lowest BCUT2D eigenvalue weighted by molar-refractivity contribution is 0.191. The molecule has 2 atom stereocenters. The molecular weight excluding hydrogens is 209 g/mol. The van der Waals surface area contributed by atoms with Crippen LogP contribution in [0.2, 0.25) is 0 Å². The topological polar surface area (TPSA) is 43.7 Å². The smallest absolute Gasteiger partial charge is 0.131 e. The Balaban J connectivity index is 3.07. The Morgan fingerprint density at radius 3 is 2.44 bits per heavy atom. The number of aliphatic hydroxyl groups is 2. The molecular formula is C12H18FNO2. The number of rotatable bonds is 4. The Kier molecular flexibility index (Phi) is 4.26. The van der Waals surface area contributed by atoms with Gasteiger partial charge in [0.15, 0.2) is 0 Å². The van der Waals surface area contributed by atoms with E-state index in [0.717, 1.165) is 0 Å². The minimum Gasteiger partial charge on any atom is -0.392 e. The SMILES string of the molecule is CC(O)CN(C)c1cccc(F)c1[C@H](C)O. The molecule has 0 aromatic heterocycles. The Morgan fingerprint density at radius 2 is 1.94 bits per heavy atom. The standard InChI is InChI=1S/C12H18FNO2/c1-8(15)7-14(3)11-6-4-5-10(13)12(11)9(2)16/h4-6,8-9,15-16H,7H2,1-3H3/t8?,9-/m0/s1. The third-order valence-electron chi connectivity index (χ3n) is 2.40. The van der Waals surface area contributed by atoms with Gasteiger partial charge in [-0.25, -0.2) is 4.39 Å². The molecule has 0 bridgehead atoms. The lowest BCUT2D eigenvalue weighted by atomic mass is 10.1. The van der Waals surface area contributed by atoms with Gasteiger partial charge in [0.2, 0.25) is 0 Å². The van der Waals surface area contributed by atoms with Crippen LogP contribution >= 0.6 is 0 Å². The maximum atomic E-state index is 13.5. The van der Waals surface area contributed by atoms with E-state index in [1.807, 2.05) is 0 Å². The number of hydrogen-bond acceptors (Lipinski definition) is 3. The lowest BCUT2D eigenvalue weighted by Crippen LogP contribution is -2.28. The molecule has 4 heteroatoms. The van der Waals surface area contributed by atoms with Crippen LogP contribution in [0.5, 0.6) is 0 Å². The zero-order chi connectivity index (χ0) is 12.3. The van der Waals surface area contributed by atoms with Gasteiger partial charge < -0.3 is 15.1 Å². The summed E-state index contributed by atoms with van der Waals surface area (Å²) in [7, 11) is 1.76. The number of likely N-dealkylation sites (N-methyl/N-ethyl adjacent to an activating group) is 1. The summed E-state index contributed by atoms with van der Waals surface area (Å²) >= 11 is 0. The first-order valence-electron chi connectivity index (χ1n) is 5.29. The van der Waals surface area contributed by atoms with Gasteiger partial charge in [-0.2, -0.15) is 0 Å². The van der Waals surface area contributed by atoms with Crippen LogP contribution in [0.1, 0.15) is 25.5 Å². The average molecular weight is 227 g/mol. The van der Waals surface area contributed by atoms with Gasteiger partial charge in [0.1, 0.15) is 5.82 Å². The Labute approximate surface area is 95.1 Å². The van der Waals surface area contributed by atoms with Crippen LogP contribution in [-0.2, 0) is 0 Å². The quantitative estimate of drug-likeness (QED) is 0.822. The van der Waals surface area contributed by atoms with E-state index < -0.39 is 18.0 Å². The fraction of sp³-hybridized carbons (Fsp3) is 0.500. The molecule has 0 saturated heterocycles. The molecule has 0 spiro atoms. The normalized spacial score (nSPS) is 14.6. The number of nitrogens with zero attached hydrogens (tertiary/aromatic N) is 1. The van der Waals surface area contributed by atoms with E-state index in [4.69, 9.17) is 0 Å². The van der Waals surface area contributed by atoms with Gasteiger partial charge in [-0.1, -0.05) is 6.07 Å². The maximum Gasteiger partial charge on any atom is 0.131 e. The van der Waals surface area contributed by atoms with E-state index >= 15 is 0 Å². The Bertz CT molecular complexity index is 353. The zero-order valence-electron chi connectivity index (χ0n) is 9.81. The summed E-state index contributed by atoms with van der Waals surface area (Å²) in [5.74, 6) is -0.426. The highest BCUT2D eigenvalue weighted by atomic mass is 19.1. The van der Waals surface area contributed by atoms with E-state index in [-0.39, 0.29) is 5.56 Å². The Morgan fingerprint density at radius 1 is 1.31 bits per heavy atom. The first-order chi connectivity index (χ1) is 7.43. The summed E-state index contributed by atoms with van der Waals surface area (Å²) in [6, 6.07) is 4.64. The fourth-order valence-electron chi connectivity index (χ4n) is 1.77. The summed E-state index contributed by atoms with van der Waals surface area (Å²) in [4.78, 5) is 1.73. The summed E-state index contributed by atoms with van der Waals surface area (Å²) in [5.41, 5.74) is 0.876. The van der Waals surface area contributed by atoms with Crippen molar-refractivity contribution in [1.82, 2.24) is 0 Å². The first kappa shape index (κ1) is 12.9. The van der Waals surface area contributed by atoms with Crippen molar-refractivity contribution in [2.24, 2.45) is 0 Å². The molecule has 1 rings (SSSR count). The summed E-state index contributed by atoms with van der Waals surface area (Å²) in [5, 5.41) is 18.8. The van der Waals surface area contributed by atoms with Gasteiger partial charge in [0.05, 0.1) is 12.2 Å². The largest absolute Gasteiger partial charge is 0.392 e. The minimum atomic E-state index is -0.868. The van der Waals surface area contributed by atoms with Gasteiger partial charge in [-0.3, -0.25) is 0 Å². The second-order valence-corrected chi connectivity index (χ2v) is 4.08. The van der Waals surface area contributed by atoms with E-state index in [9.17, 15) is 14.6 Å². The van der Waals surface area contributed by atoms with Gasteiger partial charge in [0, 0.05) is 24.8 Å². The van der Waals surface area contributed by atoms with E-state index in [2.05, 4.69) is 0 Å². The fourth-order valence-corrected chi connectivity index (χ4v) is 1.77. The molecule has 0 fully saturated rings.